The van der Waals surface area contributed by atoms with Crippen LogP contribution in [0, 0.1) is 0 Å². The second-order valence-electron chi connectivity index (χ2n) is 6.36. The number of ether oxygens (including phenoxy) is 1. The summed E-state index contributed by atoms with van der Waals surface area (Å²) in [5.41, 5.74) is 1.90. The van der Waals surface area contributed by atoms with Crippen LogP contribution in [0.15, 0.2) is 41.8 Å². The van der Waals surface area contributed by atoms with Gasteiger partial charge in [0.25, 0.3) is 0 Å². The fourth-order valence-corrected chi connectivity index (χ4v) is 3.86. The number of benzene rings is 1. The number of anilines is 2. The summed E-state index contributed by atoms with van der Waals surface area (Å²) in [7, 11) is 0. The molecule has 1 aromatic heterocycles. The average Bonchev–Trinajstić information content (AvgIpc) is 3.19. The van der Waals surface area contributed by atoms with E-state index in [1.165, 1.54) is 0 Å². The van der Waals surface area contributed by atoms with E-state index in [4.69, 9.17) is 4.74 Å². The molecule has 1 aliphatic rings. The van der Waals surface area contributed by atoms with Gasteiger partial charge in [-0.1, -0.05) is 18.2 Å². The number of thiophene rings is 1. The lowest BCUT2D eigenvalue weighted by atomic mass is 10.2. The number of amides is 2. The summed E-state index contributed by atoms with van der Waals surface area (Å²) < 4.78 is 5.43. The normalized spacial score (nSPS) is 14.0. The molecule has 0 radical (unpaired) electrons. The Hall–Kier alpha value is -2.38. The maximum absolute atomic E-state index is 12.3. The fourth-order valence-electron chi connectivity index (χ4n) is 3.15. The summed E-state index contributed by atoms with van der Waals surface area (Å²) in [4.78, 5) is 29.4. The molecule has 3 rings (SSSR count). The molecule has 0 saturated carbocycles. The molecule has 144 valence electrons. The minimum Gasteiger partial charge on any atom is -0.378 e. The van der Waals surface area contributed by atoms with Crippen LogP contribution in [0.1, 0.15) is 11.8 Å². The van der Waals surface area contributed by atoms with Gasteiger partial charge in [0.1, 0.15) is 0 Å². The lowest BCUT2D eigenvalue weighted by Gasteiger charge is -2.33. The molecule has 0 atom stereocenters. The molecule has 2 aromatic rings. The Morgan fingerprint density at radius 1 is 1.19 bits per heavy atom. The predicted octanol–water partition coefficient (Wildman–Crippen LogP) is 2.30. The molecule has 1 aliphatic heterocycles. The van der Waals surface area contributed by atoms with Crippen LogP contribution in [0.25, 0.3) is 0 Å². The molecule has 0 bridgehead atoms. The number of hydrogen-bond acceptors (Lipinski definition) is 5. The van der Waals surface area contributed by atoms with E-state index >= 15 is 0 Å². The van der Waals surface area contributed by atoms with E-state index < -0.39 is 0 Å². The summed E-state index contributed by atoms with van der Waals surface area (Å²) in [5.74, 6) is -0.0642. The fraction of sp³-hybridized carbons (Fsp3) is 0.400. The summed E-state index contributed by atoms with van der Waals surface area (Å²) in [6.07, 6.45) is 0.377. The molecule has 0 spiro atoms. The molecule has 7 heteroatoms. The molecule has 1 aromatic carbocycles. The molecule has 6 nitrogen and oxygen atoms in total. The molecular weight excluding hydrogens is 362 g/mol. The zero-order valence-corrected chi connectivity index (χ0v) is 16.3. The number of nitrogens with zero attached hydrogens (tertiary/aromatic N) is 2. The predicted molar refractivity (Wildman–Crippen MR) is 109 cm³/mol. The zero-order valence-electron chi connectivity index (χ0n) is 15.5. The minimum atomic E-state index is -0.0387. The van der Waals surface area contributed by atoms with E-state index in [1.807, 2.05) is 41.8 Å². The van der Waals surface area contributed by atoms with Crippen LogP contribution >= 0.6 is 11.3 Å². The molecule has 1 saturated heterocycles. The third-order valence-corrected chi connectivity index (χ3v) is 5.35. The highest BCUT2D eigenvalue weighted by Gasteiger charge is 2.20. The zero-order chi connectivity index (χ0) is 19.1. The Bertz CT molecular complexity index is 758. The SMILES string of the molecule is CC(=O)N(CCNC(=O)Cc1cccs1)c1ccccc1N1CCOCC1. The van der Waals surface area contributed by atoms with Crippen molar-refractivity contribution in [3.8, 4) is 0 Å². The van der Waals surface area contributed by atoms with Crippen LogP contribution in [0.5, 0.6) is 0 Å². The molecule has 2 heterocycles. The maximum Gasteiger partial charge on any atom is 0.225 e. The Morgan fingerprint density at radius 3 is 2.67 bits per heavy atom. The van der Waals surface area contributed by atoms with Crippen LogP contribution in [-0.2, 0) is 20.7 Å². The van der Waals surface area contributed by atoms with Crippen molar-refractivity contribution >= 4 is 34.5 Å². The van der Waals surface area contributed by atoms with Gasteiger partial charge in [0, 0.05) is 38.0 Å². The van der Waals surface area contributed by atoms with Crippen LogP contribution < -0.4 is 15.1 Å². The summed E-state index contributed by atoms with van der Waals surface area (Å²) in [5, 5.41) is 4.88. The molecule has 27 heavy (non-hydrogen) atoms. The number of morpholine rings is 1. The summed E-state index contributed by atoms with van der Waals surface area (Å²) in [6.45, 7) is 5.40. The second-order valence-corrected chi connectivity index (χ2v) is 7.40. The van der Waals surface area contributed by atoms with Gasteiger partial charge in [-0.15, -0.1) is 11.3 Å². The number of nitrogens with one attached hydrogen (secondary N) is 1. The van der Waals surface area contributed by atoms with E-state index in [-0.39, 0.29) is 11.8 Å². The maximum atomic E-state index is 12.3. The lowest BCUT2D eigenvalue weighted by Crippen LogP contribution is -2.40. The first-order valence-corrected chi connectivity index (χ1v) is 10.0. The van der Waals surface area contributed by atoms with Gasteiger partial charge < -0.3 is 19.9 Å². The third-order valence-electron chi connectivity index (χ3n) is 4.48. The van der Waals surface area contributed by atoms with E-state index in [0.717, 1.165) is 29.3 Å². The average molecular weight is 388 g/mol. The second kappa shape index (κ2) is 9.53. The van der Waals surface area contributed by atoms with Crippen molar-refractivity contribution in [2.45, 2.75) is 13.3 Å². The van der Waals surface area contributed by atoms with Gasteiger partial charge in [-0.3, -0.25) is 9.59 Å². The van der Waals surface area contributed by atoms with Crippen LogP contribution in [0.3, 0.4) is 0 Å². The molecule has 1 fully saturated rings. The van der Waals surface area contributed by atoms with E-state index in [1.54, 1.807) is 23.2 Å². The minimum absolute atomic E-state index is 0.0255. The van der Waals surface area contributed by atoms with Gasteiger partial charge in [-0.25, -0.2) is 0 Å². The highest BCUT2D eigenvalue weighted by Crippen LogP contribution is 2.29. The molecule has 0 unspecified atom stereocenters. The Labute approximate surface area is 163 Å². The lowest BCUT2D eigenvalue weighted by molar-refractivity contribution is -0.120. The van der Waals surface area contributed by atoms with Crippen molar-refractivity contribution in [2.24, 2.45) is 0 Å². The first kappa shape index (κ1) is 19.4. The van der Waals surface area contributed by atoms with Gasteiger partial charge in [-0.2, -0.15) is 0 Å². The third kappa shape index (κ3) is 5.30. The van der Waals surface area contributed by atoms with E-state index in [0.29, 0.717) is 32.7 Å². The number of carbonyl (C=O) groups excluding carboxylic acids is 2. The highest BCUT2D eigenvalue weighted by atomic mass is 32.1. The number of hydrogen-bond donors (Lipinski definition) is 1. The quantitative estimate of drug-likeness (QED) is 0.792. The van der Waals surface area contributed by atoms with Crippen molar-refractivity contribution in [3.05, 3.63) is 46.7 Å². The molecular formula is C20H25N3O3S. The van der Waals surface area contributed by atoms with Gasteiger partial charge in [0.2, 0.25) is 11.8 Å². The van der Waals surface area contributed by atoms with E-state index in [9.17, 15) is 9.59 Å². The first-order chi connectivity index (χ1) is 13.1. The van der Waals surface area contributed by atoms with Crippen molar-refractivity contribution < 1.29 is 14.3 Å². The molecule has 2 amide bonds. The number of para-hydroxylation sites is 2. The Balaban J connectivity index is 1.63. The summed E-state index contributed by atoms with van der Waals surface area (Å²) in [6, 6.07) is 11.8. The monoisotopic (exact) mass is 387 g/mol. The standard InChI is InChI=1S/C20H25N3O3S/c1-16(24)23(9-8-21-20(25)15-17-5-4-14-27-17)19-7-3-2-6-18(19)22-10-12-26-13-11-22/h2-7,14H,8-13,15H2,1H3,(H,21,25). The van der Waals surface area contributed by atoms with Crippen LogP contribution in [-0.4, -0.2) is 51.2 Å². The number of rotatable bonds is 7. The van der Waals surface area contributed by atoms with Crippen molar-refractivity contribution in [2.75, 3.05) is 49.2 Å². The Morgan fingerprint density at radius 2 is 1.96 bits per heavy atom. The van der Waals surface area contributed by atoms with Gasteiger partial charge in [0.05, 0.1) is 31.0 Å². The Kier molecular flexibility index (Phi) is 6.84. The van der Waals surface area contributed by atoms with Gasteiger partial charge in [0.15, 0.2) is 0 Å². The molecule has 1 N–H and O–H groups in total. The van der Waals surface area contributed by atoms with Crippen molar-refractivity contribution in [1.29, 1.82) is 0 Å². The van der Waals surface area contributed by atoms with Crippen LogP contribution in [0.4, 0.5) is 11.4 Å². The largest absolute Gasteiger partial charge is 0.378 e. The van der Waals surface area contributed by atoms with E-state index in [2.05, 4.69) is 10.2 Å². The van der Waals surface area contributed by atoms with Crippen LogP contribution in [0.2, 0.25) is 0 Å². The van der Waals surface area contributed by atoms with Gasteiger partial charge in [-0.05, 0) is 23.6 Å². The summed E-state index contributed by atoms with van der Waals surface area (Å²) >= 11 is 1.57. The van der Waals surface area contributed by atoms with Crippen molar-refractivity contribution in [3.63, 3.8) is 0 Å². The topological polar surface area (TPSA) is 61.9 Å². The first-order valence-electron chi connectivity index (χ1n) is 9.14. The highest BCUT2D eigenvalue weighted by molar-refractivity contribution is 7.10. The number of carbonyl (C=O) groups is 2. The van der Waals surface area contributed by atoms with Gasteiger partial charge >= 0.3 is 0 Å². The van der Waals surface area contributed by atoms with Crippen molar-refractivity contribution in [1.82, 2.24) is 5.32 Å². The smallest absolute Gasteiger partial charge is 0.225 e. The molecule has 0 aliphatic carbocycles.